The lowest BCUT2D eigenvalue weighted by Crippen LogP contribution is -2.21. The van der Waals surface area contributed by atoms with Gasteiger partial charge in [-0.3, -0.25) is 14.8 Å². The standard InChI is InChI=1S/C10H13N5O2/c1-4-2-3-11-5(4)7-12-6-8(13-7)14-10(17)15-9(6)16/h4-5,11H,2-3H2,1H3,(H3,12,13,14,15,16,17). The smallest absolute Gasteiger partial charge is 0.327 e. The van der Waals surface area contributed by atoms with E-state index in [1.165, 1.54) is 0 Å². The maximum atomic E-state index is 11.5. The molecule has 0 bridgehead atoms. The molecule has 0 saturated carbocycles. The molecule has 7 heteroatoms. The zero-order valence-electron chi connectivity index (χ0n) is 9.33. The first-order valence-electron chi connectivity index (χ1n) is 5.61. The number of imidazole rings is 1. The Morgan fingerprint density at radius 3 is 2.76 bits per heavy atom. The van der Waals surface area contributed by atoms with Crippen molar-refractivity contribution in [2.24, 2.45) is 5.92 Å². The molecular weight excluding hydrogens is 222 g/mol. The molecule has 17 heavy (non-hydrogen) atoms. The predicted molar refractivity (Wildman–Crippen MR) is 61.9 cm³/mol. The number of aromatic amines is 3. The van der Waals surface area contributed by atoms with Gasteiger partial charge >= 0.3 is 5.69 Å². The number of nitrogens with one attached hydrogen (secondary N) is 4. The van der Waals surface area contributed by atoms with E-state index >= 15 is 0 Å². The Hall–Kier alpha value is -1.89. The first-order valence-corrected chi connectivity index (χ1v) is 5.61. The van der Waals surface area contributed by atoms with Crippen LogP contribution in [0.5, 0.6) is 0 Å². The van der Waals surface area contributed by atoms with Crippen LogP contribution in [0.2, 0.25) is 0 Å². The van der Waals surface area contributed by atoms with Crippen LogP contribution < -0.4 is 16.6 Å². The number of fused-ring (bicyclic) bond motifs is 1. The largest absolute Gasteiger partial charge is 0.335 e. The van der Waals surface area contributed by atoms with Crippen molar-refractivity contribution >= 4 is 11.2 Å². The van der Waals surface area contributed by atoms with Gasteiger partial charge in [-0.1, -0.05) is 6.92 Å². The summed E-state index contributed by atoms with van der Waals surface area (Å²) in [7, 11) is 0. The minimum absolute atomic E-state index is 0.116. The number of rotatable bonds is 1. The van der Waals surface area contributed by atoms with E-state index in [4.69, 9.17) is 0 Å². The van der Waals surface area contributed by atoms with Crippen molar-refractivity contribution in [2.45, 2.75) is 19.4 Å². The summed E-state index contributed by atoms with van der Waals surface area (Å²) >= 11 is 0. The molecule has 3 heterocycles. The van der Waals surface area contributed by atoms with Crippen LogP contribution in [0, 0.1) is 5.92 Å². The molecule has 7 nitrogen and oxygen atoms in total. The lowest BCUT2D eigenvalue weighted by molar-refractivity contribution is 0.484. The van der Waals surface area contributed by atoms with E-state index in [0.29, 0.717) is 22.9 Å². The minimum Gasteiger partial charge on any atom is -0.335 e. The lowest BCUT2D eigenvalue weighted by Gasteiger charge is -2.11. The first kappa shape index (κ1) is 10.3. The molecule has 2 aromatic rings. The fourth-order valence-corrected chi connectivity index (χ4v) is 2.30. The van der Waals surface area contributed by atoms with E-state index < -0.39 is 11.2 Å². The Bertz CT molecular complexity index is 667. The SMILES string of the molecule is CC1CCNC1c1nc2[nH]c(=O)[nH]c(=O)c2[nH]1. The summed E-state index contributed by atoms with van der Waals surface area (Å²) in [5, 5.41) is 3.32. The molecule has 0 spiro atoms. The molecule has 2 aromatic heterocycles. The summed E-state index contributed by atoms with van der Waals surface area (Å²) in [5.41, 5.74) is -0.337. The lowest BCUT2D eigenvalue weighted by atomic mass is 10.0. The molecule has 0 aromatic carbocycles. The van der Waals surface area contributed by atoms with Crippen LogP contribution in [0.4, 0.5) is 0 Å². The van der Waals surface area contributed by atoms with Crippen LogP contribution in [0.3, 0.4) is 0 Å². The molecule has 3 rings (SSSR count). The van der Waals surface area contributed by atoms with E-state index in [9.17, 15) is 9.59 Å². The molecule has 1 aliphatic rings. The van der Waals surface area contributed by atoms with E-state index in [-0.39, 0.29) is 6.04 Å². The number of nitrogens with zero attached hydrogens (tertiary/aromatic N) is 1. The Kier molecular flexibility index (Phi) is 2.15. The van der Waals surface area contributed by atoms with Gasteiger partial charge < -0.3 is 10.3 Å². The Labute approximate surface area is 95.7 Å². The van der Waals surface area contributed by atoms with Gasteiger partial charge in [-0.25, -0.2) is 9.78 Å². The molecule has 1 aliphatic heterocycles. The minimum atomic E-state index is -0.534. The molecule has 90 valence electrons. The topological polar surface area (TPSA) is 106 Å². The van der Waals surface area contributed by atoms with Gasteiger partial charge in [-0.15, -0.1) is 0 Å². The molecule has 2 atom stereocenters. The summed E-state index contributed by atoms with van der Waals surface area (Å²) in [4.78, 5) is 34.6. The van der Waals surface area contributed by atoms with Gasteiger partial charge in [0.1, 0.15) is 11.3 Å². The van der Waals surface area contributed by atoms with Gasteiger partial charge in [0.05, 0.1) is 6.04 Å². The highest BCUT2D eigenvalue weighted by Crippen LogP contribution is 2.27. The number of hydrogen-bond acceptors (Lipinski definition) is 4. The zero-order valence-corrected chi connectivity index (χ0v) is 9.33. The van der Waals surface area contributed by atoms with Crippen LogP contribution in [0.15, 0.2) is 9.59 Å². The van der Waals surface area contributed by atoms with Crippen LogP contribution in [-0.4, -0.2) is 26.5 Å². The molecule has 0 radical (unpaired) electrons. The van der Waals surface area contributed by atoms with Crippen LogP contribution in [0.25, 0.3) is 11.2 Å². The molecule has 2 unspecified atom stereocenters. The van der Waals surface area contributed by atoms with Crippen LogP contribution >= 0.6 is 0 Å². The first-order chi connectivity index (χ1) is 8.15. The van der Waals surface area contributed by atoms with Crippen molar-refractivity contribution in [3.05, 3.63) is 26.7 Å². The third kappa shape index (κ3) is 1.59. The number of aromatic nitrogens is 4. The van der Waals surface area contributed by atoms with Gasteiger partial charge in [0.15, 0.2) is 5.65 Å². The van der Waals surface area contributed by atoms with Crippen molar-refractivity contribution in [1.29, 1.82) is 0 Å². The fraction of sp³-hybridized carbons (Fsp3) is 0.500. The number of H-pyrrole nitrogens is 3. The maximum absolute atomic E-state index is 11.5. The normalized spacial score (nSPS) is 24.5. The fourth-order valence-electron chi connectivity index (χ4n) is 2.30. The van der Waals surface area contributed by atoms with Gasteiger partial charge in [0.25, 0.3) is 5.56 Å². The summed E-state index contributed by atoms with van der Waals surface area (Å²) in [6, 6.07) is 0.116. The highest BCUT2D eigenvalue weighted by atomic mass is 16.2. The third-order valence-corrected chi connectivity index (χ3v) is 3.24. The summed E-state index contributed by atoms with van der Waals surface area (Å²) in [6.45, 7) is 3.07. The van der Waals surface area contributed by atoms with Crippen LogP contribution in [-0.2, 0) is 0 Å². The average molecular weight is 235 g/mol. The molecule has 0 amide bonds. The molecule has 1 saturated heterocycles. The Morgan fingerprint density at radius 1 is 1.24 bits per heavy atom. The average Bonchev–Trinajstić information content (AvgIpc) is 2.83. The summed E-state index contributed by atoms with van der Waals surface area (Å²) < 4.78 is 0. The summed E-state index contributed by atoms with van der Waals surface area (Å²) in [6.07, 6.45) is 1.08. The van der Waals surface area contributed by atoms with E-state index in [2.05, 4.69) is 32.2 Å². The monoisotopic (exact) mass is 235 g/mol. The van der Waals surface area contributed by atoms with Gasteiger partial charge in [-0.2, -0.15) is 0 Å². The second-order valence-electron chi connectivity index (χ2n) is 4.45. The molecule has 4 N–H and O–H groups in total. The Morgan fingerprint density at radius 2 is 2.06 bits per heavy atom. The van der Waals surface area contributed by atoms with Crippen molar-refractivity contribution in [2.75, 3.05) is 6.54 Å². The van der Waals surface area contributed by atoms with Crippen molar-refractivity contribution in [3.63, 3.8) is 0 Å². The van der Waals surface area contributed by atoms with E-state index in [1.54, 1.807) is 0 Å². The van der Waals surface area contributed by atoms with Crippen LogP contribution in [0.1, 0.15) is 25.2 Å². The van der Waals surface area contributed by atoms with Gasteiger partial charge in [0.2, 0.25) is 0 Å². The summed E-state index contributed by atoms with van der Waals surface area (Å²) in [5.74, 6) is 1.17. The predicted octanol–water partition coefficient (Wildman–Crippen LogP) is -0.390. The van der Waals surface area contributed by atoms with Crippen molar-refractivity contribution in [1.82, 2.24) is 25.3 Å². The number of hydrogen-bond donors (Lipinski definition) is 4. The van der Waals surface area contributed by atoms with Crippen molar-refractivity contribution < 1.29 is 0 Å². The second kappa shape index (κ2) is 3.56. The highest BCUT2D eigenvalue weighted by Gasteiger charge is 2.27. The molecular formula is C10H13N5O2. The van der Waals surface area contributed by atoms with Crippen molar-refractivity contribution in [3.8, 4) is 0 Å². The molecule has 1 fully saturated rings. The second-order valence-corrected chi connectivity index (χ2v) is 4.45. The quantitative estimate of drug-likeness (QED) is 0.540. The Balaban J connectivity index is 2.16. The van der Waals surface area contributed by atoms with E-state index in [0.717, 1.165) is 13.0 Å². The van der Waals surface area contributed by atoms with E-state index in [1.807, 2.05) is 0 Å². The maximum Gasteiger partial charge on any atom is 0.327 e. The molecule has 0 aliphatic carbocycles. The van der Waals surface area contributed by atoms with Gasteiger partial charge in [-0.05, 0) is 18.9 Å². The zero-order chi connectivity index (χ0) is 12.0. The third-order valence-electron chi connectivity index (χ3n) is 3.24. The van der Waals surface area contributed by atoms with Gasteiger partial charge in [0, 0.05) is 0 Å². The highest BCUT2D eigenvalue weighted by molar-refractivity contribution is 5.68.